The van der Waals surface area contributed by atoms with Crippen LogP contribution in [0.5, 0.6) is 0 Å². The van der Waals surface area contributed by atoms with Gasteiger partial charge in [0, 0.05) is 13.1 Å². The molecule has 0 spiro atoms. The first kappa shape index (κ1) is 15.3. The van der Waals surface area contributed by atoms with E-state index in [2.05, 4.69) is 15.6 Å². The van der Waals surface area contributed by atoms with E-state index in [1.165, 1.54) is 0 Å². The fourth-order valence-corrected chi connectivity index (χ4v) is 1.77. The molecular weight excluding hydrogens is 273 g/mol. The summed E-state index contributed by atoms with van der Waals surface area (Å²) in [6.45, 7) is 6.74. The molecule has 1 aromatic rings. The summed E-state index contributed by atoms with van der Waals surface area (Å²) in [5, 5.41) is 16.9. The molecule has 6 heteroatoms. The molecule has 0 saturated heterocycles. The first-order valence-corrected chi connectivity index (χ1v) is 6.71. The second-order valence-corrected chi connectivity index (χ2v) is 5.20. The number of pyridine rings is 1. The average Bonchev–Trinajstić information content (AvgIpc) is 2.31. The molecule has 0 bridgehead atoms. The molecule has 18 heavy (non-hydrogen) atoms. The van der Waals surface area contributed by atoms with Gasteiger partial charge in [0.25, 0.3) is 0 Å². The molecule has 1 aromatic heterocycles. The summed E-state index contributed by atoms with van der Waals surface area (Å²) in [5.41, 5.74) is -0.789. The van der Waals surface area contributed by atoms with Crippen molar-refractivity contribution < 1.29 is 5.11 Å². The normalized spacial score (nSPS) is 14.1. The van der Waals surface area contributed by atoms with Crippen molar-refractivity contribution in [2.45, 2.75) is 32.8 Å². The predicted octanol–water partition coefficient (Wildman–Crippen LogP) is 3.39. The van der Waals surface area contributed by atoms with E-state index in [9.17, 15) is 5.11 Å². The Morgan fingerprint density at radius 3 is 2.28 bits per heavy atom. The van der Waals surface area contributed by atoms with E-state index < -0.39 is 5.60 Å². The molecule has 3 N–H and O–H groups in total. The van der Waals surface area contributed by atoms with Gasteiger partial charge < -0.3 is 15.7 Å². The molecule has 1 unspecified atom stereocenters. The van der Waals surface area contributed by atoms with Crippen LogP contribution >= 0.6 is 23.2 Å². The quantitative estimate of drug-likeness (QED) is 0.752. The molecule has 0 saturated carbocycles. The summed E-state index contributed by atoms with van der Waals surface area (Å²) in [5.74, 6) is 1.10. The van der Waals surface area contributed by atoms with Gasteiger partial charge in [-0.25, -0.2) is 4.98 Å². The van der Waals surface area contributed by atoms with Gasteiger partial charge in [-0.2, -0.15) is 0 Å². The van der Waals surface area contributed by atoms with Gasteiger partial charge in [-0.15, -0.1) is 0 Å². The van der Waals surface area contributed by atoms with Gasteiger partial charge in [-0.05, 0) is 26.3 Å². The van der Waals surface area contributed by atoms with Crippen molar-refractivity contribution in [2.75, 3.05) is 23.7 Å². The predicted molar refractivity (Wildman–Crippen MR) is 77.8 cm³/mol. The van der Waals surface area contributed by atoms with E-state index in [0.29, 0.717) is 34.6 Å². The van der Waals surface area contributed by atoms with Gasteiger partial charge in [0.15, 0.2) is 0 Å². The zero-order chi connectivity index (χ0) is 13.8. The van der Waals surface area contributed by atoms with Crippen LogP contribution in [-0.2, 0) is 0 Å². The third kappa shape index (κ3) is 4.19. The maximum absolute atomic E-state index is 9.93. The maximum atomic E-state index is 9.93. The number of rotatable bonds is 6. The molecule has 102 valence electrons. The first-order chi connectivity index (χ1) is 8.39. The summed E-state index contributed by atoms with van der Waals surface area (Å²) in [6, 6.07) is 1.64. The Balaban J connectivity index is 2.85. The van der Waals surface area contributed by atoms with Crippen molar-refractivity contribution in [3.05, 3.63) is 16.1 Å². The molecule has 0 aliphatic rings. The van der Waals surface area contributed by atoms with E-state index in [1.54, 1.807) is 13.0 Å². The summed E-state index contributed by atoms with van der Waals surface area (Å²) < 4.78 is 0. The Hall–Kier alpha value is -0.710. The molecule has 1 heterocycles. The Morgan fingerprint density at radius 2 is 1.78 bits per heavy atom. The van der Waals surface area contributed by atoms with Crippen LogP contribution in [0.3, 0.4) is 0 Å². The number of anilines is 2. The van der Waals surface area contributed by atoms with Gasteiger partial charge in [-0.3, -0.25) is 0 Å². The van der Waals surface area contributed by atoms with Crippen LogP contribution in [0.4, 0.5) is 11.6 Å². The number of aliphatic hydroxyl groups is 1. The van der Waals surface area contributed by atoms with Crippen LogP contribution in [-0.4, -0.2) is 28.8 Å². The van der Waals surface area contributed by atoms with E-state index >= 15 is 0 Å². The monoisotopic (exact) mass is 291 g/mol. The minimum absolute atomic E-state index is 0.378. The zero-order valence-corrected chi connectivity index (χ0v) is 12.4. The van der Waals surface area contributed by atoms with Gasteiger partial charge in [-0.1, -0.05) is 30.1 Å². The number of nitrogens with zero attached hydrogens (tertiary/aromatic N) is 1. The minimum atomic E-state index is -0.789. The molecular formula is C12H19Cl2N3O. The van der Waals surface area contributed by atoms with E-state index in [0.717, 1.165) is 6.54 Å². The Labute approximate surface area is 118 Å². The summed E-state index contributed by atoms with van der Waals surface area (Å²) in [7, 11) is 0. The van der Waals surface area contributed by atoms with Crippen LogP contribution in [0.2, 0.25) is 10.0 Å². The van der Waals surface area contributed by atoms with Crippen molar-refractivity contribution in [3.63, 3.8) is 0 Å². The average molecular weight is 292 g/mol. The zero-order valence-electron chi connectivity index (χ0n) is 10.8. The van der Waals surface area contributed by atoms with Crippen LogP contribution < -0.4 is 10.6 Å². The standard InChI is InChI=1S/C12H19Cl2N3O/c1-4-12(3,18)7-16-11-9(14)6-8(13)10(17-11)15-5-2/h6,18H,4-5,7H2,1-3H3,(H2,15,16,17). The highest BCUT2D eigenvalue weighted by atomic mass is 35.5. The molecule has 0 aliphatic heterocycles. The van der Waals surface area contributed by atoms with Gasteiger partial charge >= 0.3 is 0 Å². The Bertz CT molecular complexity index is 411. The van der Waals surface area contributed by atoms with Crippen LogP contribution in [0, 0.1) is 0 Å². The molecule has 0 aromatic carbocycles. The number of halogens is 2. The van der Waals surface area contributed by atoms with Crippen molar-refractivity contribution in [1.82, 2.24) is 4.98 Å². The summed E-state index contributed by atoms with van der Waals surface area (Å²) >= 11 is 12.1. The lowest BCUT2D eigenvalue weighted by Gasteiger charge is -2.22. The molecule has 0 radical (unpaired) electrons. The Morgan fingerprint density at radius 1 is 1.22 bits per heavy atom. The lowest BCUT2D eigenvalue weighted by Crippen LogP contribution is -2.32. The van der Waals surface area contributed by atoms with Crippen LogP contribution in [0.1, 0.15) is 27.2 Å². The van der Waals surface area contributed by atoms with Crippen LogP contribution in [0.25, 0.3) is 0 Å². The second kappa shape index (κ2) is 6.45. The fourth-order valence-electron chi connectivity index (χ4n) is 1.28. The highest BCUT2D eigenvalue weighted by molar-refractivity contribution is 6.37. The lowest BCUT2D eigenvalue weighted by molar-refractivity contribution is 0.0696. The third-order valence-corrected chi connectivity index (χ3v) is 3.25. The van der Waals surface area contributed by atoms with E-state index in [-0.39, 0.29) is 0 Å². The molecule has 4 nitrogen and oxygen atoms in total. The topological polar surface area (TPSA) is 57.2 Å². The van der Waals surface area contributed by atoms with Gasteiger partial charge in [0.1, 0.15) is 11.6 Å². The first-order valence-electron chi connectivity index (χ1n) is 5.95. The number of nitrogens with one attached hydrogen (secondary N) is 2. The van der Waals surface area contributed by atoms with Crippen LogP contribution in [0.15, 0.2) is 6.07 Å². The second-order valence-electron chi connectivity index (χ2n) is 4.38. The highest BCUT2D eigenvalue weighted by Gasteiger charge is 2.18. The highest BCUT2D eigenvalue weighted by Crippen LogP contribution is 2.29. The fraction of sp³-hybridized carbons (Fsp3) is 0.583. The molecule has 0 amide bonds. The Kier molecular flexibility index (Phi) is 5.50. The third-order valence-electron chi connectivity index (χ3n) is 2.67. The van der Waals surface area contributed by atoms with Crippen molar-refractivity contribution in [3.8, 4) is 0 Å². The van der Waals surface area contributed by atoms with Gasteiger partial charge in [0.2, 0.25) is 0 Å². The molecule has 0 fully saturated rings. The van der Waals surface area contributed by atoms with E-state index in [4.69, 9.17) is 23.2 Å². The van der Waals surface area contributed by atoms with E-state index in [1.807, 2.05) is 13.8 Å². The smallest absolute Gasteiger partial charge is 0.147 e. The summed E-state index contributed by atoms with van der Waals surface area (Å²) in [6.07, 6.45) is 0.644. The number of hydrogen-bond acceptors (Lipinski definition) is 4. The van der Waals surface area contributed by atoms with Gasteiger partial charge in [0.05, 0.1) is 15.6 Å². The van der Waals surface area contributed by atoms with Crippen molar-refractivity contribution >= 4 is 34.8 Å². The lowest BCUT2D eigenvalue weighted by atomic mass is 10.0. The SMILES string of the molecule is CCNc1nc(NCC(C)(O)CC)c(Cl)cc1Cl. The molecule has 1 rings (SSSR count). The maximum Gasteiger partial charge on any atom is 0.147 e. The number of aromatic nitrogens is 1. The largest absolute Gasteiger partial charge is 0.388 e. The van der Waals surface area contributed by atoms with Crippen molar-refractivity contribution in [1.29, 1.82) is 0 Å². The minimum Gasteiger partial charge on any atom is -0.388 e. The summed E-state index contributed by atoms with van der Waals surface area (Å²) in [4.78, 5) is 4.30. The molecule has 0 aliphatic carbocycles. The molecule has 1 atom stereocenters. The number of hydrogen-bond donors (Lipinski definition) is 3. The van der Waals surface area contributed by atoms with Crippen molar-refractivity contribution in [2.24, 2.45) is 0 Å².